The summed E-state index contributed by atoms with van der Waals surface area (Å²) in [6, 6.07) is 9.71. The van der Waals surface area contributed by atoms with Crippen LogP contribution < -0.4 is 9.64 Å². The molecular formula is C21H24N2O3S. The Labute approximate surface area is 163 Å². The molecule has 142 valence electrons. The van der Waals surface area contributed by atoms with Gasteiger partial charge in [-0.3, -0.25) is 9.59 Å². The Morgan fingerprint density at radius 2 is 2.04 bits per heavy atom. The summed E-state index contributed by atoms with van der Waals surface area (Å²) < 4.78 is 5.46. The number of benzene rings is 1. The number of anilines is 1. The summed E-state index contributed by atoms with van der Waals surface area (Å²) >= 11 is 1.77. The number of ether oxygens (including phenoxy) is 1. The zero-order valence-electron chi connectivity index (χ0n) is 15.7. The second-order valence-corrected chi connectivity index (χ2v) is 8.09. The predicted octanol–water partition coefficient (Wildman–Crippen LogP) is 3.65. The predicted molar refractivity (Wildman–Crippen MR) is 106 cm³/mol. The van der Waals surface area contributed by atoms with E-state index < -0.39 is 0 Å². The average Bonchev–Trinajstić information content (AvgIpc) is 3.30. The SMILES string of the molecule is CCOc1ccc(N2C[C@H](C(=O)N3CCc4sccc4[C@H]3C)CC2=O)cc1. The van der Waals surface area contributed by atoms with Gasteiger partial charge in [-0.1, -0.05) is 0 Å². The molecule has 3 heterocycles. The molecule has 1 fully saturated rings. The van der Waals surface area contributed by atoms with Gasteiger partial charge in [0.15, 0.2) is 0 Å². The number of amides is 2. The molecule has 0 bridgehead atoms. The van der Waals surface area contributed by atoms with Gasteiger partial charge >= 0.3 is 0 Å². The van der Waals surface area contributed by atoms with E-state index in [1.54, 1.807) is 16.2 Å². The van der Waals surface area contributed by atoms with Crippen molar-refractivity contribution >= 4 is 28.8 Å². The standard InChI is InChI=1S/C21H24N2O3S/c1-3-26-17-6-4-16(5-7-17)23-13-15(12-20(23)24)21(25)22-10-8-19-18(14(22)2)9-11-27-19/h4-7,9,11,14-15H,3,8,10,12-13H2,1-2H3/t14-,15-/m1/s1. The van der Waals surface area contributed by atoms with Crippen molar-refractivity contribution in [3.05, 3.63) is 46.2 Å². The fourth-order valence-electron chi connectivity index (χ4n) is 4.06. The highest BCUT2D eigenvalue weighted by Crippen LogP contribution is 2.35. The van der Waals surface area contributed by atoms with Gasteiger partial charge in [-0.2, -0.15) is 0 Å². The second-order valence-electron chi connectivity index (χ2n) is 7.09. The van der Waals surface area contributed by atoms with E-state index in [9.17, 15) is 9.59 Å². The van der Waals surface area contributed by atoms with Crippen LogP contribution >= 0.6 is 11.3 Å². The Kier molecular flexibility index (Phi) is 4.91. The maximum atomic E-state index is 13.1. The van der Waals surface area contributed by atoms with Crippen LogP contribution in [0.5, 0.6) is 5.75 Å². The minimum Gasteiger partial charge on any atom is -0.494 e. The average molecular weight is 385 g/mol. The summed E-state index contributed by atoms with van der Waals surface area (Å²) in [4.78, 5) is 30.7. The molecule has 2 amide bonds. The van der Waals surface area contributed by atoms with Gasteiger partial charge in [0.2, 0.25) is 11.8 Å². The molecule has 0 saturated carbocycles. The first kappa shape index (κ1) is 18.0. The number of rotatable bonds is 4. The Bertz CT molecular complexity index is 845. The lowest BCUT2D eigenvalue weighted by atomic mass is 9.98. The number of carbonyl (C=O) groups excluding carboxylic acids is 2. The molecule has 2 aromatic rings. The molecule has 1 aromatic carbocycles. The van der Waals surface area contributed by atoms with Gasteiger partial charge in [0, 0.05) is 30.1 Å². The van der Waals surface area contributed by atoms with E-state index >= 15 is 0 Å². The van der Waals surface area contributed by atoms with Crippen molar-refractivity contribution < 1.29 is 14.3 Å². The Hall–Kier alpha value is -2.34. The van der Waals surface area contributed by atoms with Crippen molar-refractivity contribution in [3.8, 4) is 5.75 Å². The van der Waals surface area contributed by atoms with Crippen LogP contribution in [0.2, 0.25) is 0 Å². The van der Waals surface area contributed by atoms with Crippen molar-refractivity contribution in [2.75, 3.05) is 24.6 Å². The fourth-order valence-corrected chi connectivity index (χ4v) is 5.02. The van der Waals surface area contributed by atoms with Crippen molar-refractivity contribution in [2.45, 2.75) is 32.7 Å². The van der Waals surface area contributed by atoms with E-state index in [-0.39, 0.29) is 30.2 Å². The third-order valence-corrected chi connectivity index (χ3v) is 6.49. The molecule has 1 aromatic heterocycles. The van der Waals surface area contributed by atoms with E-state index in [1.165, 1.54) is 10.4 Å². The Morgan fingerprint density at radius 3 is 2.78 bits per heavy atom. The lowest BCUT2D eigenvalue weighted by Crippen LogP contribution is -2.42. The van der Waals surface area contributed by atoms with Gasteiger partial charge in [-0.15, -0.1) is 11.3 Å². The summed E-state index contributed by atoms with van der Waals surface area (Å²) in [6.45, 7) is 5.82. The highest BCUT2D eigenvalue weighted by atomic mass is 32.1. The van der Waals surface area contributed by atoms with E-state index in [2.05, 4.69) is 18.4 Å². The topological polar surface area (TPSA) is 49.9 Å². The van der Waals surface area contributed by atoms with Crippen LogP contribution in [0.25, 0.3) is 0 Å². The van der Waals surface area contributed by atoms with Crippen molar-refractivity contribution in [1.82, 2.24) is 4.90 Å². The number of hydrogen-bond acceptors (Lipinski definition) is 4. The first-order chi connectivity index (χ1) is 13.1. The molecule has 2 aliphatic rings. The van der Waals surface area contributed by atoms with Crippen LogP contribution in [-0.2, 0) is 16.0 Å². The van der Waals surface area contributed by atoms with Crippen LogP contribution in [-0.4, -0.2) is 36.4 Å². The number of nitrogens with zero attached hydrogens (tertiary/aromatic N) is 2. The van der Waals surface area contributed by atoms with Crippen molar-refractivity contribution in [2.24, 2.45) is 5.92 Å². The van der Waals surface area contributed by atoms with Gasteiger partial charge in [0.25, 0.3) is 0 Å². The molecule has 4 rings (SSSR count). The molecule has 0 spiro atoms. The quantitative estimate of drug-likeness (QED) is 0.809. The Morgan fingerprint density at radius 1 is 1.26 bits per heavy atom. The summed E-state index contributed by atoms with van der Waals surface area (Å²) in [5, 5.41) is 2.10. The number of fused-ring (bicyclic) bond motifs is 1. The Balaban J connectivity index is 1.46. The number of carbonyl (C=O) groups is 2. The monoisotopic (exact) mass is 384 g/mol. The summed E-state index contributed by atoms with van der Waals surface area (Å²) in [5.41, 5.74) is 2.08. The molecule has 27 heavy (non-hydrogen) atoms. The molecule has 6 heteroatoms. The normalized spacial score (nSPS) is 22.1. The van der Waals surface area contributed by atoms with E-state index in [0.29, 0.717) is 13.2 Å². The molecule has 2 atom stereocenters. The van der Waals surface area contributed by atoms with Crippen LogP contribution in [0.3, 0.4) is 0 Å². The molecular weight excluding hydrogens is 360 g/mol. The number of thiophene rings is 1. The smallest absolute Gasteiger partial charge is 0.228 e. The molecule has 2 aliphatic heterocycles. The largest absolute Gasteiger partial charge is 0.494 e. The zero-order chi connectivity index (χ0) is 19.0. The molecule has 5 nitrogen and oxygen atoms in total. The summed E-state index contributed by atoms with van der Waals surface area (Å²) in [7, 11) is 0. The van der Waals surface area contributed by atoms with Gasteiger partial charge in [-0.05, 0) is 61.5 Å². The fraction of sp³-hybridized carbons (Fsp3) is 0.429. The van der Waals surface area contributed by atoms with Gasteiger partial charge in [0.05, 0.1) is 18.6 Å². The van der Waals surface area contributed by atoms with Gasteiger partial charge in [-0.25, -0.2) is 0 Å². The van der Waals surface area contributed by atoms with Crippen molar-refractivity contribution in [3.63, 3.8) is 0 Å². The van der Waals surface area contributed by atoms with Gasteiger partial charge < -0.3 is 14.5 Å². The van der Waals surface area contributed by atoms with Crippen LogP contribution in [0.4, 0.5) is 5.69 Å². The molecule has 0 unspecified atom stereocenters. The van der Waals surface area contributed by atoms with Gasteiger partial charge in [0.1, 0.15) is 5.75 Å². The highest BCUT2D eigenvalue weighted by molar-refractivity contribution is 7.10. The van der Waals surface area contributed by atoms with Crippen molar-refractivity contribution in [1.29, 1.82) is 0 Å². The lowest BCUT2D eigenvalue weighted by molar-refractivity contribution is -0.138. The van der Waals surface area contributed by atoms with E-state index in [4.69, 9.17) is 4.74 Å². The van der Waals surface area contributed by atoms with Crippen LogP contribution in [0.1, 0.15) is 36.8 Å². The molecule has 0 N–H and O–H groups in total. The maximum Gasteiger partial charge on any atom is 0.228 e. The van der Waals surface area contributed by atoms with Crippen LogP contribution in [0, 0.1) is 5.92 Å². The van der Waals surface area contributed by atoms with E-state index in [1.807, 2.05) is 36.1 Å². The lowest BCUT2D eigenvalue weighted by Gasteiger charge is -2.35. The first-order valence-electron chi connectivity index (χ1n) is 9.48. The third-order valence-electron chi connectivity index (χ3n) is 5.49. The molecule has 0 aliphatic carbocycles. The number of hydrogen-bond donors (Lipinski definition) is 0. The minimum atomic E-state index is -0.272. The molecule has 0 radical (unpaired) electrons. The van der Waals surface area contributed by atoms with Crippen LogP contribution in [0.15, 0.2) is 35.7 Å². The molecule has 1 saturated heterocycles. The first-order valence-corrected chi connectivity index (χ1v) is 10.4. The van der Waals surface area contributed by atoms with E-state index in [0.717, 1.165) is 24.4 Å². The maximum absolute atomic E-state index is 13.1. The minimum absolute atomic E-state index is 0.0124. The zero-order valence-corrected chi connectivity index (χ0v) is 16.5. The summed E-state index contributed by atoms with van der Waals surface area (Å²) in [5.74, 6) is 0.625. The highest BCUT2D eigenvalue weighted by Gasteiger charge is 2.39. The second kappa shape index (κ2) is 7.35. The third kappa shape index (κ3) is 3.34. The summed E-state index contributed by atoms with van der Waals surface area (Å²) in [6.07, 6.45) is 1.19.